The highest BCUT2D eigenvalue weighted by atomic mass is 127. The molecule has 0 atom stereocenters. The Labute approximate surface area is 161 Å². The molecule has 5 nitrogen and oxygen atoms in total. The van der Waals surface area contributed by atoms with Gasteiger partial charge in [-0.25, -0.2) is 0 Å². The monoisotopic (exact) mass is 452 g/mol. The Morgan fingerprint density at radius 3 is 2.20 bits per heavy atom. The Bertz CT molecular complexity index is 750. The van der Waals surface area contributed by atoms with Crippen LogP contribution in [-0.2, 0) is 9.59 Å². The molecule has 0 bridgehead atoms. The van der Waals surface area contributed by atoms with Crippen molar-refractivity contribution < 1.29 is 14.3 Å². The minimum atomic E-state index is -0.342. The van der Waals surface area contributed by atoms with Gasteiger partial charge in [0, 0.05) is 9.26 Å². The summed E-state index contributed by atoms with van der Waals surface area (Å²) in [5, 5.41) is 5.40. The SMILES string of the molecule is Cc1cc(C)c(NC(=O)CNC(=O)COc2ccc(I)cc2)c(C)c1. The smallest absolute Gasteiger partial charge is 0.258 e. The summed E-state index contributed by atoms with van der Waals surface area (Å²) in [4.78, 5) is 23.9. The molecular weight excluding hydrogens is 431 g/mol. The molecule has 0 radical (unpaired) electrons. The van der Waals surface area contributed by atoms with E-state index >= 15 is 0 Å². The maximum atomic E-state index is 12.1. The fourth-order valence-electron chi connectivity index (χ4n) is 2.47. The lowest BCUT2D eigenvalue weighted by molar-refractivity contribution is -0.125. The number of ether oxygens (including phenoxy) is 1. The van der Waals surface area contributed by atoms with Crippen molar-refractivity contribution in [3.63, 3.8) is 0 Å². The predicted octanol–water partition coefficient (Wildman–Crippen LogP) is 3.35. The van der Waals surface area contributed by atoms with Crippen LogP contribution in [0.4, 0.5) is 5.69 Å². The van der Waals surface area contributed by atoms with Crippen LogP contribution in [0.3, 0.4) is 0 Å². The maximum Gasteiger partial charge on any atom is 0.258 e. The first-order chi connectivity index (χ1) is 11.8. The first-order valence-corrected chi connectivity index (χ1v) is 8.96. The number of halogens is 1. The van der Waals surface area contributed by atoms with Gasteiger partial charge in [-0.1, -0.05) is 17.7 Å². The van der Waals surface area contributed by atoms with E-state index in [1.54, 1.807) is 12.1 Å². The molecule has 132 valence electrons. The van der Waals surface area contributed by atoms with E-state index in [0.29, 0.717) is 5.75 Å². The van der Waals surface area contributed by atoms with Gasteiger partial charge in [0.25, 0.3) is 5.91 Å². The Morgan fingerprint density at radius 2 is 1.60 bits per heavy atom. The molecule has 0 aliphatic rings. The fourth-order valence-corrected chi connectivity index (χ4v) is 2.83. The molecule has 2 rings (SSSR count). The zero-order valence-corrected chi connectivity index (χ0v) is 16.6. The summed E-state index contributed by atoms with van der Waals surface area (Å²) < 4.78 is 6.47. The van der Waals surface area contributed by atoms with Gasteiger partial charge < -0.3 is 15.4 Å². The molecule has 25 heavy (non-hydrogen) atoms. The molecule has 2 aromatic rings. The van der Waals surface area contributed by atoms with Gasteiger partial charge in [-0.05, 0) is 78.8 Å². The van der Waals surface area contributed by atoms with Crippen molar-refractivity contribution in [1.82, 2.24) is 5.32 Å². The lowest BCUT2D eigenvalue weighted by atomic mass is 10.1. The lowest BCUT2D eigenvalue weighted by Crippen LogP contribution is -2.36. The summed E-state index contributed by atoms with van der Waals surface area (Å²) in [5.74, 6) is 0.00893. The van der Waals surface area contributed by atoms with Crippen molar-refractivity contribution in [3.8, 4) is 5.75 Å². The van der Waals surface area contributed by atoms with Crippen LogP contribution in [0.25, 0.3) is 0 Å². The molecule has 0 aliphatic heterocycles. The van der Waals surface area contributed by atoms with Gasteiger partial charge in [-0.3, -0.25) is 9.59 Å². The quantitative estimate of drug-likeness (QED) is 0.661. The van der Waals surface area contributed by atoms with Gasteiger partial charge in [0.2, 0.25) is 5.91 Å². The number of carbonyl (C=O) groups excluding carboxylic acids is 2. The number of benzene rings is 2. The third-order valence-corrected chi connectivity index (χ3v) is 4.29. The van der Waals surface area contributed by atoms with Gasteiger partial charge in [-0.15, -0.1) is 0 Å². The number of hydrogen-bond acceptors (Lipinski definition) is 3. The van der Waals surface area contributed by atoms with Crippen molar-refractivity contribution in [1.29, 1.82) is 0 Å². The summed E-state index contributed by atoms with van der Waals surface area (Å²) in [5.41, 5.74) is 3.94. The molecule has 0 heterocycles. The van der Waals surface area contributed by atoms with Gasteiger partial charge in [0.1, 0.15) is 5.75 Å². The van der Waals surface area contributed by atoms with Crippen LogP contribution in [0, 0.1) is 24.3 Å². The second-order valence-corrected chi connectivity index (χ2v) is 7.09. The minimum absolute atomic E-state index is 0.0956. The van der Waals surface area contributed by atoms with E-state index in [-0.39, 0.29) is 25.0 Å². The van der Waals surface area contributed by atoms with E-state index < -0.39 is 0 Å². The molecule has 2 N–H and O–H groups in total. The third-order valence-electron chi connectivity index (χ3n) is 3.57. The fraction of sp³-hybridized carbons (Fsp3) is 0.263. The zero-order chi connectivity index (χ0) is 18.4. The van der Waals surface area contributed by atoms with Crippen LogP contribution in [0.1, 0.15) is 16.7 Å². The van der Waals surface area contributed by atoms with Crippen LogP contribution in [0.15, 0.2) is 36.4 Å². The number of carbonyl (C=O) groups is 2. The van der Waals surface area contributed by atoms with Crippen molar-refractivity contribution in [3.05, 3.63) is 56.7 Å². The maximum absolute atomic E-state index is 12.1. The van der Waals surface area contributed by atoms with E-state index in [4.69, 9.17) is 4.74 Å². The molecule has 0 saturated heterocycles. The summed E-state index contributed by atoms with van der Waals surface area (Å²) in [7, 11) is 0. The van der Waals surface area contributed by atoms with Crippen molar-refractivity contribution in [2.24, 2.45) is 0 Å². The third kappa shape index (κ3) is 6.04. The van der Waals surface area contributed by atoms with E-state index in [9.17, 15) is 9.59 Å². The van der Waals surface area contributed by atoms with Crippen LogP contribution < -0.4 is 15.4 Å². The number of rotatable bonds is 6. The molecule has 0 saturated carbocycles. The van der Waals surface area contributed by atoms with Crippen molar-refractivity contribution >= 4 is 40.1 Å². The molecule has 6 heteroatoms. The highest BCUT2D eigenvalue weighted by Crippen LogP contribution is 2.21. The molecule has 0 aromatic heterocycles. The average molecular weight is 452 g/mol. The highest BCUT2D eigenvalue weighted by molar-refractivity contribution is 14.1. The normalized spacial score (nSPS) is 10.2. The van der Waals surface area contributed by atoms with Crippen LogP contribution in [0.2, 0.25) is 0 Å². The first kappa shape index (κ1) is 19.2. The molecule has 0 aliphatic carbocycles. The van der Waals surface area contributed by atoms with E-state index in [1.807, 2.05) is 45.0 Å². The van der Waals surface area contributed by atoms with E-state index in [2.05, 4.69) is 33.2 Å². The van der Waals surface area contributed by atoms with Gasteiger partial charge in [-0.2, -0.15) is 0 Å². The largest absolute Gasteiger partial charge is 0.484 e. The van der Waals surface area contributed by atoms with Crippen LogP contribution >= 0.6 is 22.6 Å². The first-order valence-electron chi connectivity index (χ1n) is 7.88. The van der Waals surface area contributed by atoms with Crippen LogP contribution in [-0.4, -0.2) is 25.0 Å². The van der Waals surface area contributed by atoms with Crippen molar-refractivity contribution in [2.75, 3.05) is 18.5 Å². The number of nitrogens with one attached hydrogen (secondary N) is 2. The molecular formula is C19H21IN2O3. The summed E-state index contributed by atoms with van der Waals surface area (Å²) in [6.45, 7) is 5.68. The standard InChI is InChI=1S/C19H21IN2O3/c1-12-8-13(2)19(14(3)9-12)22-17(23)10-21-18(24)11-25-16-6-4-15(20)5-7-16/h4-9H,10-11H2,1-3H3,(H,21,24)(H,22,23). The molecule has 2 aromatic carbocycles. The van der Waals surface area contributed by atoms with Gasteiger partial charge in [0.15, 0.2) is 6.61 Å². The van der Waals surface area contributed by atoms with Crippen LogP contribution in [0.5, 0.6) is 5.75 Å². The summed E-state index contributed by atoms with van der Waals surface area (Å²) in [6, 6.07) is 11.4. The summed E-state index contributed by atoms with van der Waals surface area (Å²) in [6.07, 6.45) is 0. The predicted molar refractivity (Wildman–Crippen MR) is 107 cm³/mol. The number of aryl methyl sites for hydroxylation is 3. The highest BCUT2D eigenvalue weighted by Gasteiger charge is 2.10. The number of hydrogen-bond donors (Lipinski definition) is 2. The molecule has 0 spiro atoms. The van der Waals surface area contributed by atoms with E-state index in [0.717, 1.165) is 25.9 Å². The summed E-state index contributed by atoms with van der Waals surface area (Å²) >= 11 is 2.19. The minimum Gasteiger partial charge on any atom is -0.484 e. The molecule has 0 fully saturated rings. The average Bonchev–Trinajstić information content (AvgIpc) is 2.55. The Balaban J connectivity index is 1.79. The van der Waals surface area contributed by atoms with Gasteiger partial charge >= 0.3 is 0 Å². The Kier molecular flexibility index (Phi) is 6.81. The number of anilines is 1. The van der Waals surface area contributed by atoms with Crippen molar-refractivity contribution in [2.45, 2.75) is 20.8 Å². The molecule has 0 unspecified atom stereocenters. The zero-order valence-electron chi connectivity index (χ0n) is 14.5. The Morgan fingerprint density at radius 1 is 1.00 bits per heavy atom. The lowest BCUT2D eigenvalue weighted by Gasteiger charge is -2.13. The molecule has 2 amide bonds. The second kappa shape index (κ2) is 8.84. The second-order valence-electron chi connectivity index (χ2n) is 5.84. The van der Waals surface area contributed by atoms with E-state index in [1.165, 1.54) is 0 Å². The topological polar surface area (TPSA) is 67.4 Å². The Hall–Kier alpha value is -2.09. The van der Waals surface area contributed by atoms with Gasteiger partial charge in [0.05, 0.1) is 6.54 Å². The number of amides is 2.